The van der Waals surface area contributed by atoms with Gasteiger partial charge in [0, 0.05) is 10.9 Å². The molecule has 0 saturated heterocycles. The Morgan fingerprint density at radius 3 is 2.50 bits per heavy atom. The minimum atomic E-state index is -0.619. The normalized spacial score (nSPS) is 10.8. The predicted molar refractivity (Wildman–Crippen MR) is 91.4 cm³/mol. The van der Waals surface area contributed by atoms with Crippen molar-refractivity contribution in [3.05, 3.63) is 52.7 Å². The minimum Gasteiger partial charge on any atom is -0.497 e. The molecule has 26 heavy (non-hydrogen) atoms. The van der Waals surface area contributed by atoms with Gasteiger partial charge < -0.3 is 23.0 Å². The van der Waals surface area contributed by atoms with Crippen LogP contribution in [0.1, 0.15) is 38.0 Å². The summed E-state index contributed by atoms with van der Waals surface area (Å²) in [6, 6.07) is 6.77. The van der Waals surface area contributed by atoms with Crippen LogP contribution < -0.4 is 4.74 Å². The highest BCUT2D eigenvalue weighted by Gasteiger charge is 2.21. The summed E-state index contributed by atoms with van der Waals surface area (Å²) in [5.74, 6) is 0.395. The quantitative estimate of drug-likeness (QED) is 0.641. The maximum Gasteiger partial charge on any atom is 0.375 e. The van der Waals surface area contributed by atoms with Crippen LogP contribution in [0.15, 0.2) is 33.1 Å². The summed E-state index contributed by atoms with van der Waals surface area (Å²) >= 11 is 0. The molecule has 0 radical (unpaired) electrons. The maximum absolute atomic E-state index is 12.4. The van der Waals surface area contributed by atoms with E-state index in [0.29, 0.717) is 34.0 Å². The lowest BCUT2D eigenvalue weighted by Crippen LogP contribution is -2.05. The molecule has 0 amide bonds. The molecule has 0 aliphatic heterocycles. The Hall–Kier alpha value is -3.22. The second-order valence-corrected chi connectivity index (χ2v) is 5.67. The molecule has 0 spiro atoms. The highest BCUT2D eigenvalue weighted by molar-refractivity contribution is 5.96. The molecule has 0 N–H and O–H groups in total. The standard InChI is InChI=1S/C19H18O7/c1-10-14-7-12(22-3)5-6-16(14)26-17(10)19(21)24-9-13-8-15(11(2)25-13)18(20)23-4/h5-8H,9H2,1-4H3. The third-order valence-electron chi connectivity index (χ3n) is 4.05. The van der Waals surface area contributed by atoms with Gasteiger partial charge in [0.15, 0.2) is 0 Å². The molecule has 7 nitrogen and oxygen atoms in total. The number of furan rings is 2. The van der Waals surface area contributed by atoms with Crippen molar-refractivity contribution in [1.82, 2.24) is 0 Å². The molecular weight excluding hydrogens is 340 g/mol. The van der Waals surface area contributed by atoms with Crippen LogP contribution in [-0.4, -0.2) is 26.2 Å². The SMILES string of the molecule is COC(=O)c1cc(COC(=O)c2oc3ccc(OC)cc3c2C)oc1C. The van der Waals surface area contributed by atoms with Crippen molar-refractivity contribution >= 4 is 22.9 Å². The number of fused-ring (bicyclic) bond motifs is 1. The van der Waals surface area contributed by atoms with Gasteiger partial charge >= 0.3 is 11.9 Å². The fourth-order valence-electron chi connectivity index (χ4n) is 2.65. The van der Waals surface area contributed by atoms with Gasteiger partial charge in [-0.25, -0.2) is 9.59 Å². The smallest absolute Gasteiger partial charge is 0.375 e. The Bertz CT molecular complexity index is 977. The van der Waals surface area contributed by atoms with Gasteiger partial charge in [0.25, 0.3) is 0 Å². The van der Waals surface area contributed by atoms with E-state index in [-0.39, 0.29) is 12.4 Å². The summed E-state index contributed by atoms with van der Waals surface area (Å²) < 4.78 is 26.1. The Kier molecular flexibility index (Phi) is 4.71. The summed E-state index contributed by atoms with van der Waals surface area (Å²) in [5.41, 5.74) is 1.53. The fourth-order valence-corrected chi connectivity index (χ4v) is 2.65. The Morgan fingerprint density at radius 1 is 1.04 bits per heavy atom. The lowest BCUT2D eigenvalue weighted by molar-refractivity contribution is 0.0409. The molecule has 1 aromatic carbocycles. The van der Waals surface area contributed by atoms with Gasteiger partial charge in [-0.2, -0.15) is 0 Å². The molecule has 0 saturated carbocycles. The summed E-state index contributed by atoms with van der Waals surface area (Å²) in [6.07, 6.45) is 0. The van der Waals surface area contributed by atoms with Crippen LogP contribution in [0.2, 0.25) is 0 Å². The van der Waals surface area contributed by atoms with E-state index in [4.69, 9.17) is 18.3 Å². The van der Waals surface area contributed by atoms with Gasteiger partial charge in [0.1, 0.15) is 35.0 Å². The first-order chi connectivity index (χ1) is 12.4. The molecule has 7 heteroatoms. The van der Waals surface area contributed by atoms with Crippen molar-refractivity contribution in [3.8, 4) is 5.75 Å². The largest absolute Gasteiger partial charge is 0.497 e. The van der Waals surface area contributed by atoms with E-state index in [1.54, 1.807) is 39.2 Å². The fraction of sp³-hybridized carbons (Fsp3) is 0.263. The maximum atomic E-state index is 12.4. The Labute approximate surface area is 149 Å². The zero-order chi connectivity index (χ0) is 18.8. The van der Waals surface area contributed by atoms with E-state index < -0.39 is 11.9 Å². The van der Waals surface area contributed by atoms with E-state index in [0.717, 1.165) is 5.39 Å². The molecule has 0 unspecified atom stereocenters. The third kappa shape index (κ3) is 3.15. The molecule has 3 rings (SSSR count). The summed E-state index contributed by atoms with van der Waals surface area (Å²) in [5, 5.41) is 0.776. The number of hydrogen-bond acceptors (Lipinski definition) is 7. The third-order valence-corrected chi connectivity index (χ3v) is 4.05. The van der Waals surface area contributed by atoms with Crippen molar-refractivity contribution in [2.75, 3.05) is 14.2 Å². The number of methoxy groups -OCH3 is 2. The average Bonchev–Trinajstić information content (AvgIpc) is 3.19. The van der Waals surface area contributed by atoms with Crippen LogP contribution in [0, 0.1) is 13.8 Å². The second kappa shape index (κ2) is 6.95. The lowest BCUT2D eigenvalue weighted by Gasteiger charge is -2.01. The zero-order valence-corrected chi connectivity index (χ0v) is 14.9. The van der Waals surface area contributed by atoms with Crippen molar-refractivity contribution in [1.29, 1.82) is 0 Å². The Morgan fingerprint density at radius 2 is 1.81 bits per heavy atom. The number of ether oxygens (including phenoxy) is 3. The summed E-state index contributed by atoms with van der Waals surface area (Å²) in [7, 11) is 2.85. The van der Waals surface area contributed by atoms with Crippen LogP contribution in [0.3, 0.4) is 0 Å². The molecule has 0 aliphatic rings. The monoisotopic (exact) mass is 358 g/mol. The van der Waals surface area contributed by atoms with Gasteiger partial charge in [-0.1, -0.05) is 0 Å². The van der Waals surface area contributed by atoms with Crippen molar-refractivity contribution in [2.24, 2.45) is 0 Å². The van der Waals surface area contributed by atoms with Gasteiger partial charge in [0.2, 0.25) is 5.76 Å². The molecular formula is C19H18O7. The van der Waals surface area contributed by atoms with Crippen LogP contribution in [0.5, 0.6) is 5.75 Å². The summed E-state index contributed by atoms with van der Waals surface area (Å²) in [6.45, 7) is 3.28. The molecule has 136 valence electrons. The van der Waals surface area contributed by atoms with Crippen molar-refractivity contribution in [2.45, 2.75) is 20.5 Å². The van der Waals surface area contributed by atoms with Gasteiger partial charge in [0.05, 0.1) is 14.2 Å². The van der Waals surface area contributed by atoms with Crippen LogP contribution in [-0.2, 0) is 16.1 Å². The number of rotatable bonds is 5. The van der Waals surface area contributed by atoms with E-state index in [2.05, 4.69) is 4.74 Å². The Balaban J connectivity index is 1.77. The van der Waals surface area contributed by atoms with Gasteiger partial charge in [-0.3, -0.25) is 0 Å². The van der Waals surface area contributed by atoms with E-state index in [1.807, 2.05) is 0 Å². The molecule has 0 aliphatic carbocycles. The predicted octanol–water partition coefficient (Wildman–Crippen LogP) is 3.79. The number of carbonyl (C=O) groups excluding carboxylic acids is 2. The van der Waals surface area contributed by atoms with Crippen molar-refractivity contribution in [3.63, 3.8) is 0 Å². The molecule has 0 atom stereocenters. The molecule has 0 fully saturated rings. The number of aryl methyl sites for hydroxylation is 2. The second-order valence-electron chi connectivity index (χ2n) is 5.67. The first kappa shape index (κ1) is 17.6. The van der Waals surface area contributed by atoms with Gasteiger partial charge in [-0.05, 0) is 38.1 Å². The molecule has 2 aromatic heterocycles. The van der Waals surface area contributed by atoms with E-state index in [1.165, 1.54) is 13.2 Å². The highest BCUT2D eigenvalue weighted by atomic mass is 16.6. The minimum absolute atomic E-state index is 0.115. The topological polar surface area (TPSA) is 88.1 Å². The molecule has 0 bridgehead atoms. The van der Waals surface area contributed by atoms with E-state index >= 15 is 0 Å². The number of esters is 2. The van der Waals surface area contributed by atoms with Crippen LogP contribution in [0.4, 0.5) is 0 Å². The zero-order valence-electron chi connectivity index (χ0n) is 14.9. The highest BCUT2D eigenvalue weighted by Crippen LogP contribution is 2.29. The molecule has 2 heterocycles. The number of hydrogen-bond donors (Lipinski definition) is 0. The average molecular weight is 358 g/mol. The number of carbonyl (C=O) groups is 2. The lowest BCUT2D eigenvalue weighted by atomic mass is 10.1. The van der Waals surface area contributed by atoms with E-state index in [9.17, 15) is 9.59 Å². The first-order valence-electron chi connectivity index (χ1n) is 7.86. The number of benzene rings is 1. The van der Waals surface area contributed by atoms with Gasteiger partial charge in [-0.15, -0.1) is 0 Å². The molecule has 3 aromatic rings. The first-order valence-corrected chi connectivity index (χ1v) is 7.86. The van der Waals surface area contributed by atoms with Crippen molar-refractivity contribution < 1.29 is 32.6 Å². The van der Waals surface area contributed by atoms with Crippen LogP contribution in [0.25, 0.3) is 11.0 Å². The summed E-state index contributed by atoms with van der Waals surface area (Å²) in [4.78, 5) is 24.0. The van der Waals surface area contributed by atoms with Crippen LogP contribution >= 0.6 is 0 Å².